The van der Waals surface area contributed by atoms with Gasteiger partial charge in [0.1, 0.15) is 6.61 Å². The van der Waals surface area contributed by atoms with Crippen LogP contribution < -0.4 is 0 Å². The number of esters is 2. The molecule has 1 unspecified atom stereocenters. The van der Waals surface area contributed by atoms with Crippen LogP contribution in [0.1, 0.15) is 27.1 Å². The van der Waals surface area contributed by atoms with Gasteiger partial charge in [-0.25, -0.2) is 9.59 Å². The molecular weight excluding hydrogens is 304 g/mol. The summed E-state index contributed by atoms with van der Waals surface area (Å²) in [4.78, 5) is 23.8. The lowest BCUT2D eigenvalue weighted by Gasteiger charge is -2.26. The zero-order valence-electron chi connectivity index (χ0n) is 13.2. The van der Waals surface area contributed by atoms with Crippen molar-refractivity contribution in [3.05, 3.63) is 83.4 Å². The van der Waals surface area contributed by atoms with Crippen LogP contribution in [0.5, 0.6) is 0 Å². The molecule has 2 aromatic carbocycles. The van der Waals surface area contributed by atoms with E-state index in [9.17, 15) is 9.59 Å². The van der Waals surface area contributed by atoms with Gasteiger partial charge >= 0.3 is 11.9 Å². The maximum Gasteiger partial charge on any atom is 0.338 e. The Hall–Kier alpha value is -2.88. The fraction of sp³-hybridized carbons (Fsp3) is 0.200. The van der Waals surface area contributed by atoms with E-state index in [1.165, 1.54) is 0 Å². The molecule has 0 bridgehead atoms. The SMILES string of the molecule is O=C(OCC1=CCC1COC(=O)c1ccccc1)c1ccccc1. The first-order valence-corrected chi connectivity index (χ1v) is 7.87. The predicted octanol–water partition coefficient (Wildman–Crippen LogP) is 3.65. The zero-order valence-corrected chi connectivity index (χ0v) is 13.2. The average molecular weight is 322 g/mol. The number of hydrogen-bond donors (Lipinski definition) is 0. The second kappa shape index (κ2) is 7.59. The van der Waals surface area contributed by atoms with Gasteiger partial charge in [0.15, 0.2) is 0 Å². The molecule has 4 heteroatoms. The maximum atomic E-state index is 11.9. The van der Waals surface area contributed by atoms with Crippen LogP contribution in [0.15, 0.2) is 72.3 Å². The molecular formula is C20H18O4. The van der Waals surface area contributed by atoms with Crippen LogP contribution >= 0.6 is 0 Å². The molecule has 0 saturated heterocycles. The Kier molecular flexibility index (Phi) is 5.06. The topological polar surface area (TPSA) is 52.6 Å². The molecule has 0 heterocycles. The summed E-state index contributed by atoms with van der Waals surface area (Å²) in [6.07, 6.45) is 2.85. The summed E-state index contributed by atoms with van der Waals surface area (Å²) in [5.41, 5.74) is 2.07. The highest BCUT2D eigenvalue weighted by molar-refractivity contribution is 5.89. The summed E-state index contributed by atoms with van der Waals surface area (Å²) in [5, 5.41) is 0. The van der Waals surface area contributed by atoms with Gasteiger partial charge in [-0.1, -0.05) is 42.5 Å². The van der Waals surface area contributed by atoms with Crippen LogP contribution in [-0.4, -0.2) is 25.2 Å². The van der Waals surface area contributed by atoms with Crippen molar-refractivity contribution >= 4 is 11.9 Å². The molecule has 0 fully saturated rings. The van der Waals surface area contributed by atoms with Crippen LogP contribution in [0.25, 0.3) is 0 Å². The number of ether oxygens (including phenoxy) is 2. The molecule has 0 aliphatic heterocycles. The average Bonchev–Trinajstić information content (AvgIpc) is 2.62. The second-order valence-corrected chi connectivity index (χ2v) is 5.62. The van der Waals surface area contributed by atoms with Crippen molar-refractivity contribution in [1.82, 2.24) is 0 Å². The summed E-state index contributed by atoms with van der Waals surface area (Å²) < 4.78 is 10.6. The molecule has 24 heavy (non-hydrogen) atoms. The Balaban J connectivity index is 1.44. The van der Waals surface area contributed by atoms with E-state index in [-0.39, 0.29) is 24.5 Å². The van der Waals surface area contributed by atoms with Gasteiger partial charge in [0.05, 0.1) is 17.7 Å². The summed E-state index contributed by atoms with van der Waals surface area (Å²) in [5.74, 6) is -0.548. The largest absolute Gasteiger partial charge is 0.461 e. The van der Waals surface area contributed by atoms with Crippen LogP contribution in [0.3, 0.4) is 0 Å². The molecule has 0 amide bonds. The molecule has 1 aliphatic carbocycles. The highest BCUT2D eigenvalue weighted by Gasteiger charge is 2.24. The maximum absolute atomic E-state index is 11.9. The van der Waals surface area contributed by atoms with E-state index >= 15 is 0 Å². The monoisotopic (exact) mass is 322 g/mol. The lowest BCUT2D eigenvalue weighted by molar-refractivity contribution is 0.0406. The van der Waals surface area contributed by atoms with Crippen molar-refractivity contribution in [2.75, 3.05) is 13.2 Å². The van der Waals surface area contributed by atoms with E-state index in [0.29, 0.717) is 17.7 Å². The molecule has 1 atom stereocenters. The number of hydrogen-bond acceptors (Lipinski definition) is 4. The van der Waals surface area contributed by atoms with Crippen molar-refractivity contribution in [3.8, 4) is 0 Å². The molecule has 1 aliphatic rings. The minimum absolute atomic E-state index is 0.126. The third-order valence-electron chi connectivity index (χ3n) is 3.99. The summed E-state index contributed by atoms with van der Waals surface area (Å²) in [6, 6.07) is 17.8. The fourth-order valence-electron chi connectivity index (χ4n) is 2.44. The first-order valence-electron chi connectivity index (χ1n) is 7.87. The van der Waals surface area contributed by atoms with E-state index in [1.807, 2.05) is 18.2 Å². The van der Waals surface area contributed by atoms with Crippen molar-refractivity contribution in [1.29, 1.82) is 0 Å². The molecule has 0 spiro atoms. The first kappa shape index (κ1) is 16.0. The smallest absolute Gasteiger partial charge is 0.338 e. The molecule has 0 radical (unpaired) electrons. The van der Waals surface area contributed by atoms with Crippen LogP contribution in [0.4, 0.5) is 0 Å². The van der Waals surface area contributed by atoms with Crippen molar-refractivity contribution in [2.45, 2.75) is 6.42 Å². The highest BCUT2D eigenvalue weighted by Crippen LogP contribution is 2.28. The number of carbonyl (C=O) groups is 2. The Bertz CT molecular complexity index is 735. The molecule has 0 aromatic heterocycles. The summed E-state index contributed by atoms with van der Waals surface area (Å²) >= 11 is 0. The summed E-state index contributed by atoms with van der Waals surface area (Å²) in [6.45, 7) is 0.545. The van der Waals surface area contributed by atoms with E-state index in [1.54, 1.807) is 48.5 Å². The predicted molar refractivity (Wildman–Crippen MR) is 89.6 cm³/mol. The highest BCUT2D eigenvalue weighted by atomic mass is 16.5. The van der Waals surface area contributed by atoms with E-state index in [2.05, 4.69) is 0 Å². The molecule has 122 valence electrons. The molecule has 2 aromatic rings. The number of rotatable bonds is 6. The first-order chi connectivity index (χ1) is 11.7. The van der Waals surface area contributed by atoms with Gasteiger partial charge in [-0.2, -0.15) is 0 Å². The molecule has 3 rings (SSSR count). The van der Waals surface area contributed by atoms with Gasteiger partial charge in [-0.05, 0) is 36.3 Å². The Morgan fingerprint density at radius 2 is 1.38 bits per heavy atom. The minimum Gasteiger partial charge on any atom is -0.461 e. The number of allylic oxidation sites excluding steroid dienone is 1. The number of benzene rings is 2. The van der Waals surface area contributed by atoms with E-state index < -0.39 is 0 Å². The van der Waals surface area contributed by atoms with Gasteiger partial charge in [-0.3, -0.25) is 0 Å². The van der Waals surface area contributed by atoms with Crippen molar-refractivity contribution in [3.63, 3.8) is 0 Å². The van der Waals surface area contributed by atoms with Crippen LogP contribution in [0, 0.1) is 5.92 Å². The standard InChI is InChI=1S/C20H18O4/c21-19(15-7-3-1-4-8-15)23-13-17-11-12-18(17)14-24-20(22)16-9-5-2-6-10-16/h1-11,18H,12-14H2. The zero-order chi connectivity index (χ0) is 16.8. The molecule has 0 N–H and O–H groups in total. The van der Waals surface area contributed by atoms with Gasteiger partial charge in [0.25, 0.3) is 0 Å². The van der Waals surface area contributed by atoms with Gasteiger partial charge in [0.2, 0.25) is 0 Å². The molecule has 0 saturated carbocycles. The van der Waals surface area contributed by atoms with Gasteiger partial charge in [0, 0.05) is 5.92 Å². The third-order valence-corrected chi connectivity index (χ3v) is 3.99. The fourth-order valence-corrected chi connectivity index (χ4v) is 2.44. The Morgan fingerprint density at radius 3 is 1.88 bits per heavy atom. The van der Waals surface area contributed by atoms with Crippen LogP contribution in [-0.2, 0) is 9.47 Å². The molecule has 4 nitrogen and oxygen atoms in total. The van der Waals surface area contributed by atoms with Crippen molar-refractivity contribution < 1.29 is 19.1 Å². The van der Waals surface area contributed by atoms with Crippen LogP contribution in [0.2, 0.25) is 0 Å². The minimum atomic E-state index is -0.344. The van der Waals surface area contributed by atoms with Crippen molar-refractivity contribution in [2.24, 2.45) is 5.92 Å². The lowest BCUT2D eigenvalue weighted by atomic mass is 9.86. The van der Waals surface area contributed by atoms with Gasteiger partial charge in [-0.15, -0.1) is 0 Å². The second-order valence-electron chi connectivity index (χ2n) is 5.62. The lowest BCUT2D eigenvalue weighted by Crippen LogP contribution is -2.24. The quantitative estimate of drug-likeness (QED) is 0.602. The summed E-state index contributed by atoms with van der Waals surface area (Å²) in [7, 11) is 0. The third kappa shape index (κ3) is 3.90. The normalized spacial score (nSPS) is 15.8. The Labute approximate surface area is 140 Å². The Morgan fingerprint density at radius 1 is 0.833 bits per heavy atom. The van der Waals surface area contributed by atoms with Gasteiger partial charge < -0.3 is 9.47 Å². The number of carbonyl (C=O) groups excluding carboxylic acids is 2. The van der Waals surface area contributed by atoms with E-state index in [0.717, 1.165) is 12.0 Å². The van der Waals surface area contributed by atoms with E-state index in [4.69, 9.17) is 9.47 Å².